The summed E-state index contributed by atoms with van der Waals surface area (Å²) in [4.78, 5) is 21.2. The van der Waals surface area contributed by atoms with Crippen molar-refractivity contribution in [2.45, 2.75) is 32.2 Å². The van der Waals surface area contributed by atoms with Crippen molar-refractivity contribution in [3.63, 3.8) is 0 Å². The van der Waals surface area contributed by atoms with E-state index >= 15 is 0 Å². The van der Waals surface area contributed by atoms with Gasteiger partial charge in [-0.1, -0.05) is 19.9 Å². The smallest absolute Gasteiger partial charge is 0.234 e. The molecule has 0 spiro atoms. The van der Waals surface area contributed by atoms with Gasteiger partial charge in [0.15, 0.2) is 0 Å². The zero-order chi connectivity index (χ0) is 16.7. The Hall–Kier alpha value is -1.66. The fourth-order valence-corrected chi connectivity index (χ4v) is 2.98. The maximum absolute atomic E-state index is 12.3. The Bertz CT molecular complexity index is 473. The SMILES string of the molecule is CCC(CC)(CN)NC(=O)CN1CCN(c2ccccn2)CC1. The first kappa shape index (κ1) is 17.7. The number of pyridine rings is 1. The van der Waals surface area contributed by atoms with Crippen molar-refractivity contribution in [1.29, 1.82) is 0 Å². The molecule has 1 amide bonds. The van der Waals surface area contributed by atoms with Crippen LogP contribution >= 0.6 is 0 Å². The van der Waals surface area contributed by atoms with Gasteiger partial charge in [0, 0.05) is 38.9 Å². The largest absolute Gasteiger partial charge is 0.354 e. The van der Waals surface area contributed by atoms with Gasteiger partial charge in [0.1, 0.15) is 5.82 Å². The van der Waals surface area contributed by atoms with Gasteiger partial charge < -0.3 is 16.0 Å². The summed E-state index contributed by atoms with van der Waals surface area (Å²) in [6.07, 6.45) is 3.54. The Kier molecular flexibility index (Phi) is 6.36. The molecule has 0 atom stereocenters. The topological polar surface area (TPSA) is 74.5 Å². The third-order valence-electron chi connectivity index (χ3n) is 4.86. The first-order chi connectivity index (χ1) is 11.1. The Morgan fingerprint density at radius 3 is 2.48 bits per heavy atom. The first-order valence-electron chi connectivity index (χ1n) is 8.52. The van der Waals surface area contributed by atoms with Crippen LogP contribution in [0.3, 0.4) is 0 Å². The fraction of sp³-hybridized carbons (Fsp3) is 0.647. The van der Waals surface area contributed by atoms with Crippen LogP contribution in [-0.4, -0.2) is 60.6 Å². The maximum atomic E-state index is 12.3. The van der Waals surface area contributed by atoms with E-state index in [0.29, 0.717) is 13.1 Å². The van der Waals surface area contributed by atoms with Crippen LogP contribution < -0.4 is 16.0 Å². The van der Waals surface area contributed by atoms with E-state index in [9.17, 15) is 4.79 Å². The van der Waals surface area contributed by atoms with E-state index in [0.717, 1.165) is 44.8 Å². The molecular formula is C17H29N5O. The van der Waals surface area contributed by atoms with Crippen LogP contribution in [0.5, 0.6) is 0 Å². The molecule has 0 unspecified atom stereocenters. The van der Waals surface area contributed by atoms with Crippen molar-refractivity contribution in [3.05, 3.63) is 24.4 Å². The predicted octanol–water partition coefficient (Wildman–Crippen LogP) is 0.837. The lowest BCUT2D eigenvalue weighted by atomic mass is 9.93. The summed E-state index contributed by atoms with van der Waals surface area (Å²) in [6, 6.07) is 5.96. The summed E-state index contributed by atoms with van der Waals surface area (Å²) in [6.45, 7) is 8.61. The zero-order valence-electron chi connectivity index (χ0n) is 14.3. The number of carbonyl (C=O) groups is 1. The van der Waals surface area contributed by atoms with E-state index in [1.54, 1.807) is 0 Å². The quantitative estimate of drug-likeness (QED) is 0.779. The van der Waals surface area contributed by atoms with Crippen molar-refractivity contribution in [2.75, 3.05) is 44.2 Å². The van der Waals surface area contributed by atoms with Crippen LogP contribution in [0.2, 0.25) is 0 Å². The van der Waals surface area contributed by atoms with Gasteiger partial charge in [-0.15, -0.1) is 0 Å². The van der Waals surface area contributed by atoms with Crippen LogP contribution in [0.4, 0.5) is 5.82 Å². The summed E-state index contributed by atoms with van der Waals surface area (Å²) in [7, 11) is 0. The predicted molar refractivity (Wildman–Crippen MR) is 93.4 cm³/mol. The molecule has 1 aliphatic rings. The Morgan fingerprint density at radius 2 is 1.96 bits per heavy atom. The number of nitrogens with one attached hydrogen (secondary N) is 1. The Morgan fingerprint density at radius 1 is 1.26 bits per heavy atom. The molecule has 1 aromatic heterocycles. The normalized spacial score (nSPS) is 16.4. The molecule has 128 valence electrons. The van der Waals surface area contributed by atoms with Gasteiger partial charge in [0.05, 0.1) is 12.1 Å². The lowest BCUT2D eigenvalue weighted by Crippen LogP contribution is -2.56. The number of piperazine rings is 1. The molecule has 3 N–H and O–H groups in total. The second-order valence-electron chi connectivity index (χ2n) is 6.19. The average Bonchev–Trinajstić information content (AvgIpc) is 2.61. The van der Waals surface area contributed by atoms with E-state index in [2.05, 4.69) is 33.9 Å². The van der Waals surface area contributed by atoms with Crippen molar-refractivity contribution in [1.82, 2.24) is 15.2 Å². The number of nitrogens with two attached hydrogens (primary N) is 1. The highest BCUT2D eigenvalue weighted by molar-refractivity contribution is 5.79. The van der Waals surface area contributed by atoms with Crippen LogP contribution in [0, 0.1) is 0 Å². The zero-order valence-corrected chi connectivity index (χ0v) is 14.3. The number of aromatic nitrogens is 1. The Labute approximate surface area is 139 Å². The standard InChI is InChI=1S/C17H29N5O/c1-3-17(4-2,14-18)20-16(23)13-21-9-11-22(12-10-21)15-7-5-6-8-19-15/h5-8H,3-4,9-14,18H2,1-2H3,(H,20,23). The number of carbonyl (C=O) groups excluding carboxylic acids is 1. The second-order valence-corrected chi connectivity index (χ2v) is 6.19. The van der Waals surface area contributed by atoms with Gasteiger partial charge in [-0.25, -0.2) is 4.98 Å². The van der Waals surface area contributed by atoms with Crippen molar-refractivity contribution in [2.24, 2.45) is 5.73 Å². The molecule has 1 saturated heterocycles. The number of hydrogen-bond donors (Lipinski definition) is 2. The highest BCUT2D eigenvalue weighted by Crippen LogP contribution is 2.14. The van der Waals surface area contributed by atoms with E-state index in [4.69, 9.17) is 5.73 Å². The minimum Gasteiger partial charge on any atom is -0.354 e. The summed E-state index contributed by atoms with van der Waals surface area (Å²) in [5.74, 6) is 1.08. The van der Waals surface area contributed by atoms with Crippen molar-refractivity contribution < 1.29 is 4.79 Å². The van der Waals surface area contributed by atoms with Gasteiger partial charge in [-0.2, -0.15) is 0 Å². The molecule has 23 heavy (non-hydrogen) atoms. The van der Waals surface area contributed by atoms with Crippen LogP contribution in [-0.2, 0) is 4.79 Å². The van der Waals surface area contributed by atoms with E-state index in [1.165, 1.54) is 0 Å². The van der Waals surface area contributed by atoms with Gasteiger partial charge >= 0.3 is 0 Å². The molecule has 0 radical (unpaired) electrons. The lowest BCUT2D eigenvalue weighted by molar-refractivity contribution is -0.124. The summed E-state index contributed by atoms with van der Waals surface area (Å²) >= 11 is 0. The number of hydrogen-bond acceptors (Lipinski definition) is 5. The Balaban J connectivity index is 1.81. The third kappa shape index (κ3) is 4.65. The van der Waals surface area contributed by atoms with Crippen molar-refractivity contribution >= 4 is 11.7 Å². The van der Waals surface area contributed by atoms with E-state index in [-0.39, 0.29) is 11.4 Å². The molecule has 1 fully saturated rings. The average molecular weight is 319 g/mol. The highest BCUT2D eigenvalue weighted by atomic mass is 16.2. The second kappa shape index (κ2) is 8.26. The van der Waals surface area contributed by atoms with Gasteiger partial charge in [0.25, 0.3) is 0 Å². The minimum absolute atomic E-state index is 0.0745. The molecule has 0 aliphatic carbocycles. The van der Waals surface area contributed by atoms with Crippen molar-refractivity contribution in [3.8, 4) is 0 Å². The number of amides is 1. The molecule has 0 saturated carbocycles. The van der Waals surface area contributed by atoms with Gasteiger partial charge in [-0.05, 0) is 25.0 Å². The molecule has 6 nitrogen and oxygen atoms in total. The highest BCUT2D eigenvalue weighted by Gasteiger charge is 2.27. The lowest BCUT2D eigenvalue weighted by Gasteiger charge is -2.36. The van der Waals surface area contributed by atoms with Crippen LogP contribution in [0.15, 0.2) is 24.4 Å². The summed E-state index contributed by atoms with van der Waals surface area (Å²) < 4.78 is 0. The molecule has 0 bridgehead atoms. The molecular weight excluding hydrogens is 290 g/mol. The minimum atomic E-state index is -0.257. The number of rotatable bonds is 7. The third-order valence-corrected chi connectivity index (χ3v) is 4.86. The molecule has 1 aliphatic heterocycles. The summed E-state index contributed by atoms with van der Waals surface area (Å²) in [5, 5.41) is 3.14. The molecule has 2 heterocycles. The first-order valence-corrected chi connectivity index (χ1v) is 8.52. The van der Waals surface area contributed by atoms with Crippen LogP contribution in [0.25, 0.3) is 0 Å². The van der Waals surface area contributed by atoms with Gasteiger partial charge in [-0.3, -0.25) is 9.69 Å². The van der Waals surface area contributed by atoms with E-state index < -0.39 is 0 Å². The molecule has 2 rings (SSSR count). The molecule has 1 aromatic rings. The molecule has 6 heteroatoms. The number of anilines is 1. The molecule has 0 aromatic carbocycles. The monoisotopic (exact) mass is 319 g/mol. The maximum Gasteiger partial charge on any atom is 0.234 e. The van der Waals surface area contributed by atoms with Crippen LogP contribution in [0.1, 0.15) is 26.7 Å². The van der Waals surface area contributed by atoms with E-state index in [1.807, 2.05) is 24.4 Å². The summed E-state index contributed by atoms with van der Waals surface area (Å²) in [5.41, 5.74) is 5.59. The fourth-order valence-electron chi connectivity index (χ4n) is 2.98. The number of nitrogens with zero attached hydrogens (tertiary/aromatic N) is 3. The van der Waals surface area contributed by atoms with Gasteiger partial charge in [0.2, 0.25) is 5.91 Å².